The summed E-state index contributed by atoms with van der Waals surface area (Å²) in [5, 5.41) is 9.30. The lowest BCUT2D eigenvalue weighted by Gasteiger charge is -2.29. The molecule has 1 fully saturated rings. The van der Waals surface area contributed by atoms with E-state index < -0.39 is 5.41 Å². The van der Waals surface area contributed by atoms with E-state index in [1.54, 1.807) is 12.1 Å². The smallest absolute Gasteiger partial charge is 0.183 e. The predicted octanol–water partition coefficient (Wildman–Crippen LogP) is 3.34. The molecule has 2 rings (SSSR count). The molecule has 0 aromatic heterocycles. The monoisotopic (exact) mass is 213 g/mol. The van der Waals surface area contributed by atoms with Crippen LogP contribution in [0.2, 0.25) is 0 Å². The molecule has 82 valence electrons. The summed E-state index contributed by atoms with van der Waals surface area (Å²) in [4.78, 5) is 12.3. The van der Waals surface area contributed by atoms with Crippen molar-refractivity contribution in [2.24, 2.45) is 5.41 Å². The zero-order chi connectivity index (χ0) is 11.4. The first-order valence-electron chi connectivity index (χ1n) is 5.80. The van der Waals surface area contributed by atoms with Crippen molar-refractivity contribution in [1.29, 1.82) is 5.26 Å². The third-order valence-electron chi connectivity index (χ3n) is 3.39. The van der Waals surface area contributed by atoms with Crippen LogP contribution in [0.25, 0.3) is 0 Å². The Kier molecular flexibility index (Phi) is 3.05. The van der Waals surface area contributed by atoms with E-state index in [1.807, 2.05) is 18.2 Å². The molecule has 0 saturated heterocycles. The van der Waals surface area contributed by atoms with Gasteiger partial charge in [0.05, 0.1) is 6.07 Å². The van der Waals surface area contributed by atoms with Crippen LogP contribution in [0, 0.1) is 16.7 Å². The summed E-state index contributed by atoms with van der Waals surface area (Å²) < 4.78 is 0. The van der Waals surface area contributed by atoms with Gasteiger partial charge in [0.1, 0.15) is 5.41 Å². The van der Waals surface area contributed by atoms with Crippen LogP contribution in [-0.2, 0) is 0 Å². The highest BCUT2D eigenvalue weighted by Gasteiger charge is 2.39. The molecule has 0 bridgehead atoms. The fourth-order valence-corrected chi connectivity index (χ4v) is 2.41. The van der Waals surface area contributed by atoms with Crippen LogP contribution in [0.3, 0.4) is 0 Å². The van der Waals surface area contributed by atoms with Gasteiger partial charge < -0.3 is 0 Å². The topological polar surface area (TPSA) is 40.9 Å². The molecule has 1 saturated carbocycles. The van der Waals surface area contributed by atoms with Crippen LogP contribution >= 0.6 is 0 Å². The van der Waals surface area contributed by atoms with Crippen LogP contribution < -0.4 is 0 Å². The molecule has 16 heavy (non-hydrogen) atoms. The lowest BCUT2D eigenvalue weighted by atomic mass is 9.70. The first-order chi connectivity index (χ1) is 7.78. The molecule has 0 N–H and O–H groups in total. The molecule has 0 amide bonds. The summed E-state index contributed by atoms with van der Waals surface area (Å²) in [6, 6.07) is 11.5. The average molecular weight is 213 g/mol. The van der Waals surface area contributed by atoms with Gasteiger partial charge in [0.2, 0.25) is 0 Å². The standard InChI is InChI=1S/C14H15NO/c15-11-14(9-5-2-6-10-14)13(16)12-7-3-1-4-8-12/h1,3-4,7-8H,2,5-6,9-10H2. The first kappa shape index (κ1) is 10.9. The van der Waals surface area contributed by atoms with Crippen molar-refractivity contribution in [2.45, 2.75) is 32.1 Å². The molecule has 1 aliphatic rings. The molecule has 2 nitrogen and oxygen atoms in total. The molecule has 0 atom stereocenters. The summed E-state index contributed by atoms with van der Waals surface area (Å²) in [6.07, 6.45) is 4.57. The van der Waals surface area contributed by atoms with Gasteiger partial charge in [0.15, 0.2) is 5.78 Å². The fourth-order valence-electron chi connectivity index (χ4n) is 2.41. The quantitative estimate of drug-likeness (QED) is 0.707. The first-order valence-corrected chi connectivity index (χ1v) is 5.80. The number of carbonyl (C=O) groups excluding carboxylic acids is 1. The molecular weight excluding hydrogens is 198 g/mol. The molecule has 0 unspecified atom stereocenters. The van der Waals surface area contributed by atoms with E-state index in [-0.39, 0.29) is 5.78 Å². The van der Waals surface area contributed by atoms with E-state index in [0.29, 0.717) is 5.56 Å². The van der Waals surface area contributed by atoms with Crippen molar-refractivity contribution >= 4 is 5.78 Å². The number of hydrogen-bond donors (Lipinski definition) is 0. The van der Waals surface area contributed by atoms with Crippen LogP contribution in [0.1, 0.15) is 42.5 Å². The Morgan fingerprint density at radius 2 is 1.75 bits per heavy atom. The molecule has 2 heteroatoms. The van der Waals surface area contributed by atoms with Gasteiger partial charge in [0, 0.05) is 5.56 Å². The number of rotatable bonds is 2. The highest BCUT2D eigenvalue weighted by atomic mass is 16.1. The summed E-state index contributed by atoms with van der Waals surface area (Å²) >= 11 is 0. The van der Waals surface area contributed by atoms with Gasteiger partial charge in [-0.2, -0.15) is 5.26 Å². The zero-order valence-corrected chi connectivity index (χ0v) is 9.28. The maximum absolute atomic E-state index is 12.3. The van der Waals surface area contributed by atoms with Crippen molar-refractivity contribution in [3.8, 4) is 6.07 Å². The molecule has 0 aliphatic heterocycles. The van der Waals surface area contributed by atoms with Crippen LogP contribution in [0.5, 0.6) is 0 Å². The Hall–Kier alpha value is -1.62. The van der Waals surface area contributed by atoms with Gasteiger partial charge in [-0.25, -0.2) is 0 Å². The zero-order valence-electron chi connectivity index (χ0n) is 9.28. The lowest BCUT2D eigenvalue weighted by Crippen LogP contribution is -2.32. The summed E-state index contributed by atoms with van der Waals surface area (Å²) in [6.45, 7) is 0. The van der Waals surface area contributed by atoms with E-state index in [2.05, 4.69) is 6.07 Å². The Labute approximate surface area is 95.9 Å². The van der Waals surface area contributed by atoms with Gasteiger partial charge in [-0.15, -0.1) is 0 Å². The van der Waals surface area contributed by atoms with Crippen molar-refractivity contribution in [1.82, 2.24) is 0 Å². The number of benzene rings is 1. The molecule has 0 heterocycles. The second-order valence-electron chi connectivity index (χ2n) is 4.45. The Morgan fingerprint density at radius 1 is 1.12 bits per heavy atom. The van der Waals surface area contributed by atoms with E-state index >= 15 is 0 Å². The number of nitriles is 1. The van der Waals surface area contributed by atoms with E-state index in [1.165, 1.54) is 0 Å². The van der Waals surface area contributed by atoms with Gasteiger partial charge in [-0.3, -0.25) is 4.79 Å². The van der Waals surface area contributed by atoms with Gasteiger partial charge in [0.25, 0.3) is 0 Å². The maximum atomic E-state index is 12.3. The molecule has 1 aromatic carbocycles. The summed E-state index contributed by atoms with van der Waals surface area (Å²) in [5.74, 6) is 0.00954. The van der Waals surface area contributed by atoms with Crippen LogP contribution in [0.15, 0.2) is 30.3 Å². The van der Waals surface area contributed by atoms with Gasteiger partial charge in [-0.05, 0) is 12.8 Å². The summed E-state index contributed by atoms with van der Waals surface area (Å²) in [5.41, 5.74) is -0.0782. The number of ketones is 1. The normalized spacial score (nSPS) is 18.7. The minimum Gasteiger partial charge on any atom is -0.292 e. The van der Waals surface area contributed by atoms with Gasteiger partial charge >= 0.3 is 0 Å². The average Bonchev–Trinajstić information content (AvgIpc) is 2.39. The highest BCUT2D eigenvalue weighted by molar-refractivity contribution is 6.02. The fraction of sp³-hybridized carbons (Fsp3) is 0.429. The van der Waals surface area contributed by atoms with Crippen molar-refractivity contribution in [2.75, 3.05) is 0 Å². The Bertz CT molecular complexity index is 410. The minimum atomic E-state index is -0.750. The SMILES string of the molecule is N#CC1(C(=O)c2ccccc2)CCCCC1. The van der Waals surface area contributed by atoms with Crippen LogP contribution in [0.4, 0.5) is 0 Å². The van der Waals surface area contributed by atoms with E-state index in [4.69, 9.17) is 0 Å². The molecule has 1 aromatic rings. The molecular formula is C14H15NO. The highest BCUT2D eigenvalue weighted by Crippen LogP contribution is 2.38. The third-order valence-corrected chi connectivity index (χ3v) is 3.39. The molecule has 0 spiro atoms. The summed E-state index contributed by atoms with van der Waals surface area (Å²) in [7, 11) is 0. The second-order valence-corrected chi connectivity index (χ2v) is 4.45. The number of Topliss-reactive ketones (excluding diaryl/α,β-unsaturated/α-hetero) is 1. The van der Waals surface area contributed by atoms with Crippen molar-refractivity contribution in [3.05, 3.63) is 35.9 Å². The van der Waals surface area contributed by atoms with Crippen molar-refractivity contribution in [3.63, 3.8) is 0 Å². The second kappa shape index (κ2) is 4.49. The van der Waals surface area contributed by atoms with Gasteiger partial charge in [-0.1, -0.05) is 49.6 Å². The predicted molar refractivity (Wildman–Crippen MR) is 61.9 cm³/mol. The Morgan fingerprint density at radius 3 is 2.31 bits per heavy atom. The van der Waals surface area contributed by atoms with E-state index in [0.717, 1.165) is 32.1 Å². The van der Waals surface area contributed by atoms with E-state index in [9.17, 15) is 10.1 Å². The minimum absolute atomic E-state index is 0.00954. The number of nitrogens with zero attached hydrogens (tertiary/aromatic N) is 1. The number of carbonyl (C=O) groups is 1. The molecule has 1 aliphatic carbocycles. The van der Waals surface area contributed by atoms with Crippen molar-refractivity contribution < 1.29 is 4.79 Å². The Balaban J connectivity index is 2.29. The van der Waals surface area contributed by atoms with Crippen LogP contribution in [-0.4, -0.2) is 5.78 Å². The third kappa shape index (κ3) is 1.86. The largest absolute Gasteiger partial charge is 0.292 e. The number of hydrogen-bond acceptors (Lipinski definition) is 2. The lowest BCUT2D eigenvalue weighted by molar-refractivity contribution is 0.0810. The molecule has 0 radical (unpaired) electrons. The maximum Gasteiger partial charge on any atom is 0.183 e.